The Bertz CT molecular complexity index is 1040. The van der Waals surface area contributed by atoms with Gasteiger partial charge in [-0.1, -0.05) is 6.07 Å². The van der Waals surface area contributed by atoms with Crippen LogP contribution in [-0.4, -0.2) is 34.9 Å². The minimum absolute atomic E-state index is 0.293. The molecule has 1 aliphatic rings. The van der Waals surface area contributed by atoms with E-state index < -0.39 is 0 Å². The molecule has 0 saturated carbocycles. The number of hydrogen-bond acceptors (Lipinski definition) is 5. The maximum Gasteiger partial charge on any atom is 0.338 e. The highest BCUT2D eigenvalue weighted by atomic mass is 16.5. The fraction of sp³-hybridized carbons (Fsp3) is 0.375. The minimum atomic E-state index is -0.293. The number of carbonyl (C=O) groups is 1. The summed E-state index contributed by atoms with van der Waals surface area (Å²) in [6.07, 6.45) is 10.7. The Labute approximate surface area is 177 Å². The molecule has 30 heavy (non-hydrogen) atoms. The van der Waals surface area contributed by atoms with Crippen molar-refractivity contribution in [3.8, 4) is 0 Å². The molecule has 0 bridgehead atoms. The molecule has 4 rings (SSSR count). The van der Waals surface area contributed by atoms with Gasteiger partial charge in [-0.15, -0.1) is 0 Å². The Morgan fingerprint density at radius 3 is 2.93 bits per heavy atom. The lowest BCUT2D eigenvalue weighted by atomic mass is 9.79. The minimum Gasteiger partial charge on any atom is -0.465 e. The third kappa shape index (κ3) is 4.08. The first-order valence-corrected chi connectivity index (χ1v) is 10.4. The topological polar surface area (TPSA) is 60.2 Å². The number of esters is 1. The number of nitrogens with zero attached hydrogens (tertiary/aromatic N) is 4. The quantitative estimate of drug-likeness (QED) is 0.569. The van der Waals surface area contributed by atoms with E-state index in [-0.39, 0.29) is 5.97 Å². The molecule has 0 fully saturated rings. The van der Waals surface area contributed by atoms with Crippen LogP contribution in [0.3, 0.4) is 0 Å². The number of fused-ring (bicyclic) bond motifs is 1. The second-order valence-corrected chi connectivity index (χ2v) is 7.94. The van der Waals surface area contributed by atoms with Gasteiger partial charge in [0.25, 0.3) is 0 Å². The first-order chi connectivity index (χ1) is 14.6. The normalized spacial score (nSPS) is 15.5. The van der Waals surface area contributed by atoms with Crippen molar-refractivity contribution in [1.82, 2.24) is 14.8 Å². The lowest BCUT2D eigenvalue weighted by Crippen LogP contribution is -2.15. The maximum atomic E-state index is 12.0. The molecule has 6 nitrogen and oxygen atoms in total. The van der Waals surface area contributed by atoms with Crippen LogP contribution in [0.5, 0.6) is 0 Å². The lowest BCUT2D eigenvalue weighted by Gasteiger charge is -2.27. The van der Waals surface area contributed by atoms with E-state index in [4.69, 9.17) is 4.74 Å². The molecule has 2 heterocycles. The van der Waals surface area contributed by atoms with Gasteiger partial charge >= 0.3 is 5.97 Å². The standard InChI is InChI=1S/C24H28N4O2/c1-27-14-12-23(26-27)28(2)20-9-10-21-17(5-4-6-18(21)15-20)7-8-19-16-25-13-11-22(19)24(29)30-3/h9-17H,4-8H2,1-3H3/t17-/m0/s1. The van der Waals surface area contributed by atoms with Crippen molar-refractivity contribution < 1.29 is 9.53 Å². The van der Waals surface area contributed by atoms with Gasteiger partial charge in [0.05, 0.1) is 12.7 Å². The smallest absolute Gasteiger partial charge is 0.338 e. The highest BCUT2D eigenvalue weighted by Gasteiger charge is 2.22. The average Bonchev–Trinajstić information content (AvgIpc) is 3.22. The molecule has 1 atom stereocenters. The predicted molar refractivity (Wildman–Crippen MR) is 117 cm³/mol. The average molecular weight is 405 g/mol. The molecule has 0 spiro atoms. The fourth-order valence-electron chi connectivity index (χ4n) is 4.39. The van der Waals surface area contributed by atoms with Gasteiger partial charge in [-0.25, -0.2) is 4.79 Å². The van der Waals surface area contributed by atoms with Crippen molar-refractivity contribution in [2.75, 3.05) is 19.1 Å². The van der Waals surface area contributed by atoms with Gasteiger partial charge in [-0.05, 0) is 72.9 Å². The van der Waals surface area contributed by atoms with Crippen LogP contribution in [0.1, 0.15) is 52.2 Å². The lowest BCUT2D eigenvalue weighted by molar-refractivity contribution is 0.0599. The van der Waals surface area contributed by atoms with Crippen LogP contribution >= 0.6 is 0 Å². The molecule has 2 aromatic heterocycles. The van der Waals surface area contributed by atoms with E-state index in [2.05, 4.69) is 40.2 Å². The van der Waals surface area contributed by atoms with Gasteiger partial charge in [0.2, 0.25) is 0 Å². The molecule has 3 aromatic rings. The van der Waals surface area contributed by atoms with E-state index in [9.17, 15) is 4.79 Å². The summed E-state index contributed by atoms with van der Waals surface area (Å²) in [7, 11) is 5.41. The summed E-state index contributed by atoms with van der Waals surface area (Å²) in [6, 6.07) is 10.5. The molecular weight excluding hydrogens is 376 g/mol. The zero-order valence-corrected chi connectivity index (χ0v) is 17.8. The molecule has 0 N–H and O–H groups in total. The zero-order valence-electron chi connectivity index (χ0n) is 17.8. The van der Waals surface area contributed by atoms with Crippen molar-refractivity contribution in [1.29, 1.82) is 0 Å². The van der Waals surface area contributed by atoms with E-state index >= 15 is 0 Å². The number of methoxy groups -OCH3 is 1. The Kier molecular flexibility index (Phi) is 5.84. The number of hydrogen-bond donors (Lipinski definition) is 0. The first-order valence-electron chi connectivity index (χ1n) is 10.4. The summed E-state index contributed by atoms with van der Waals surface area (Å²) in [5, 5.41) is 4.51. The molecule has 6 heteroatoms. The van der Waals surface area contributed by atoms with Crippen molar-refractivity contribution in [3.05, 3.63) is 71.2 Å². The Morgan fingerprint density at radius 1 is 1.30 bits per heavy atom. The number of rotatable bonds is 6. The van der Waals surface area contributed by atoms with Crippen LogP contribution in [0.4, 0.5) is 11.5 Å². The van der Waals surface area contributed by atoms with Crippen molar-refractivity contribution in [3.63, 3.8) is 0 Å². The largest absolute Gasteiger partial charge is 0.465 e. The van der Waals surface area contributed by atoms with E-state index in [1.807, 2.05) is 24.0 Å². The predicted octanol–water partition coefficient (Wildman–Crippen LogP) is 4.42. The van der Waals surface area contributed by atoms with E-state index in [0.29, 0.717) is 11.5 Å². The number of pyridine rings is 1. The molecule has 1 aliphatic carbocycles. The number of anilines is 2. The second-order valence-electron chi connectivity index (χ2n) is 7.94. The Hall–Kier alpha value is -3.15. The Balaban J connectivity index is 1.51. The van der Waals surface area contributed by atoms with Crippen LogP contribution in [0.25, 0.3) is 0 Å². The van der Waals surface area contributed by atoms with Crippen LogP contribution < -0.4 is 4.90 Å². The molecule has 1 aromatic carbocycles. The van der Waals surface area contributed by atoms with Gasteiger partial charge in [0.1, 0.15) is 0 Å². The van der Waals surface area contributed by atoms with Crippen LogP contribution in [-0.2, 0) is 24.6 Å². The number of carbonyl (C=O) groups excluding carboxylic acids is 1. The molecule has 156 valence electrons. The van der Waals surface area contributed by atoms with Gasteiger partial charge in [0.15, 0.2) is 5.82 Å². The highest BCUT2D eigenvalue weighted by Crippen LogP contribution is 2.37. The van der Waals surface area contributed by atoms with Crippen molar-refractivity contribution in [2.45, 2.75) is 38.0 Å². The molecular formula is C24H28N4O2. The third-order valence-electron chi connectivity index (χ3n) is 6.07. The zero-order chi connectivity index (χ0) is 21.1. The van der Waals surface area contributed by atoms with Crippen LogP contribution in [0, 0.1) is 0 Å². The summed E-state index contributed by atoms with van der Waals surface area (Å²) in [5.74, 6) is 1.14. The SMILES string of the molecule is COC(=O)c1ccncc1CC[C@@H]1CCCc2cc(N(C)c3ccn(C)n3)ccc21. The van der Waals surface area contributed by atoms with Crippen LogP contribution in [0.2, 0.25) is 0 Å². The van der Waals surface area contributed by atoms with Gasteiger partial charge in [0, 0.05) is 44.4 Å². The maximum absolute atomic E-state index is 12.0. The summed E-state index contributed by atoms with van der Waals surface area (Å²) >= 11 is 0. The van der Waals surface area contributed by atoms with E-state index in [1.165, 1.54) is 31.1 Å². The van der Waals surface area contributed by atoms with E-state index in [1.54, 1.807) is 18.5 Å². The molecule has 0 saturated heterocycles. The Morgan fingerprint density at radius 2 is 2.17 bits per heavy atom. The third-order valence-corrected chi connectivity index (χ3v) is 6.07. The summed E-state index contributed by atoms with van der Waals surface area (Å²) in [4.78, 5) is 18.4. The second kappa shape index (κ2) is 8.69. The van der Waals surface area contributed by atoms with Gasteiger partial charge in [-0.2, -0.15) is 5.10 Å². The van der Waals surface area contributed by atoms with E-state index in [0.717, 1.165) is 36.3 Å². The molecule has 0 unspecified atom stereocenters. The molecule has 0 aliphatic heterocycles. The monoisotopic (exact) mass is 404 g/mol. The van der Waals surface area contributed by atoms with Crippen molar-refractivity contribution in [2.24, 2.45) is 7.05 Å². The summed E-state index contributed by atoms with van der Waals surface area (Å²) in [6.45, 7) is 0. The van der Waals surface area contributed by atoms with Crippen molar-refractivity contribution >= 4 is 17.5 Å². The highest BCUT2D eigenvalue weighted by molar-refractivity contribution is 5.90. The molecule has 0 amide bonds. The summed E-state index contributed by atoms with van der Waals surface area (Å²) in [5.41, 5.74) is 5.60. The van der Waals surface area contributed by atoms with Crippen LogP contribution in [0.15, 0.2) is 48.9 Å². The number of ether oxygens (including phenoxy) is 1. The first kappa shape index (κ1) is 20.1. The van der Waals surface area contributed by atoms with Gasteiger partial charge < -0.3 is 9.64 Å². The number of aromatic nitrogens is 3. The number of benzene rings is 1. The summed E-state index contributed by atoms with van der Waals surface area (Å²) < 4.78 is 6.74. The molecule has 0 radical (unpaired) electrons. The van der Waals surface area contributed by atoms with Gasteiger partial charge in [-0.3, -0.25) is 9.67 Å². The number of aryl methyl sites for hydroxylation is 3. The fourth-order valence-corrected chi connectivity index (χ4v) is 4.39.